The van der Waals surface area contributed by atoms with Gasteiger partial charge in [-0.2, -0.15) is 4.57 Å². The normalized spacial score (nSPS) is 11.8. The largest absolute Gasteiger partial charge is 0.374 e. The van der Waals surface area contributed by atoms with Gasteiger partial charge in [0.2, 0.25) is 5.43 Å². The number of para-hydroxylation sites is 1. The Hall–Kier alpha value is -3.07. The lowest BCUT2D eigenvalue weighted by molar-refractivity contribution is 0.413. The van der Waals surface area contributed by atoms with Crippen molar-refractivity contribution in [1.29, 1.82) is 0 Å². The summed E-state index contributed by atoms with van der Waals surface area (Å²) >= 11 is 0. The van der Waals surface area contributed by atoms with Gasteiger partial charge in [0.1, 0.15) is 5.52 Å². The third-order valence-corrected chi connectivity index (χ3v) is 4.21. The van der Waals surface area contributed by atoms with Crippen LogP contribution in [0.5, 0.6) is 0 Å². The molecule has 0 amide bonds. The van der Waals surface area contributed by atoms with Crippen LogP contribution in [0.4, 0.5) is 0 Å². The van der Waals surface area contributed by atoms with E-state index in [4.69, 9.17) is 4.52 Å². The van der Waals surface area contributed by atoms with Crippen LogP contribution in [0.3, 0.4) is 0 Å². The molecule has 0 unspecified atom stereocenters. The zero-order valence-corrected chi connectivity index (χ0v) is 11.6. The smallest absolute Gasteiger partial charge is 0.217 e. The van der Waals surface area contributed by atoms with Crippen LogP contribution in [0.1, 0.15) is 0 Å². The van der Waals surface area contributed by atoms with Gasteiger partial charge in [-0.15, -0.1) is 0 Å². The van der Waals surface area contributed by atoms with Crippen LogP contribution in [0, 0.1) is 0 Å². The van der Waals surface area contributed by atoms with E-state index in [9.17, 15) is 4.79 Å². The van der Waals surface area contributed by atoms with Crippen molar-refractivity contribution >= 4 is 38.2 Å². The maximum Gasteiger partial charge on any atom is 0.217 e. The zero-order chi connectivity index (χ0) is 14.7. The van der Waals surface area contributed by atoms with E-state index in [0.29, 0.717) is 16.5 Å². The maximum absolute atomic E-state index is 13.0. The van der Waals surface area contributed by atoms with Crippen LogP contribution in [-0.4, -0.2) is 4.57 Å². The fourth-order valence-corrected chi connectivity index (χ4v) is 3.17. The summed E-state index contributed by atoms with van der Waals surface area (Å²) in [5.74, 6) is 0. The van der Waals surface area contributed by atoms with E-state index in [1.807, 2.05) is 66.7 Å². The minimum atomic E-state index is 0.00856. The average molecular weight is 285 g/mol. The molecule has 0 atom stereocenters. The van der Waals surface area contributed by atoms with Gasteiger partial charge in [0.05, 0.1) is 10.9 Å². The van der Waals surface area contributed by atoms with Crippen LogP contribution in [-0.2, 0) is 0 Å². The van der Waals surface area contributed by atoms with Gasteiger partial charge < -0.3 is 4.52 Å². The molecular formula is C19H11NO2. The lowest BCUT2D eigenvalue weighted by Crippen LogP contribution is -2.05. The van der Waals surface area contributed by atoms with Gasteiger partial charge in [0.25, 0.3) is 0 Å². The summed E-state index contributed by atoms with van der Waals surface area (Å²) in [4.78, 5) is 13.0. The molecule has 0 aliphatic rings. The van der Waals surface area contributed by atoms with E-state index in [2.05, 4.69) is 0 Å². The molecule has 0 N–H and O–H groups in total. The topological polar surface area (TPSA) is 34.6 Å². The molecule has 3 aromatic carbocycles. The summed E-state index contributed by atoms with van der Waals surface area (Å²) in [5, 5.41) is 3.63. The predicted octanol–water partition coefficient (Wildman–Crippen LogP) is 4.35. The average Bonchev–Trinajstić information content (AvgIpc) is 2.94. The molecule has 0 radical (unpaired) electrons. The quantitative estimate of drug-likeness (QED) is 0.396. The summed E-state index contributed by atoms with van der Waals surface area (Å²) < 4.78 is 7.64. The van der Waals surface area contributed by atoms with E-state index in [-0.39, 0.29) is 5.43 Å². The molecule has 0 aliphatic carbocycles. The minimum Gasteiger partial charge on any atom is -0.374 e. The second-order valence-electron chi connectivity index (χ2n) is 5.46. The minimum absolute atomic E-state index is 0.00856. The zero-order valence-electron chi connectivity index (χ0n) is 11.6. The van der Waals surface area contributed by atoms with Gasteiger partial charge >= 0.3 is 0 Å². The van der Waals surface area contributed by atoms with Gasteiger partial charge in [-0.05, 0) is 29.0 Å². The molecule has 104 valence electrons. The number of hydrogen-bond acceptors (Lipinski definition) is 2. The Morgan fingerprint density at radius 1 is 0.773 bits per heavy atom. The Morgan fingerprint density at radius 3 is 2.45 bits per heavy atom. The summed E-state index contributed by atoms with van der Waals surface area (Å²) in [6, 6.07) is 21.5. The Kier molecular flexibility index (Phi) is 2.09. The molecule has 22 heavy (non-hydrogen) atoms. The monoisotopic (exact) mass is 285 g/mol. The lowest BCUT2D eigenvalue weighted by Gasteiger charge is -2.04. The first-order valence-corrected chi connectivity index (χ1v) is 7.18. The number of benzene rings is 3. The molecular weight excluding hydrogens is 274 g/mol. The molecule has 0 aliphatic heterocycles. The summed E-state index contributed by atoms with van der Waals surface area (Å²) in [5.41, 5.74) is 2.10. The predicted molar refractivity (Wildman–Crippen MR) is 88.5 cm³/mol. The number of rotatable bonds is 0. The highest BCUT2D eigenvalue weighted by Gasteiger charge is 2.13. The number of aromatic nitrogens is 1. The fraction of sp³-hybridized carbons (Fsp3) is 0. The van der Waals surface area contributed by atoms with Gasteiger partial charge in [-0.3, -0.25) is 4.79 Å². The molecule has 0 bridgehead atoms. The second kappa shape index (κ2) is 3.98. The first-order valence-electron chi connectivity index (χ1n) is 7.18. The first kappa shape index (κ1) is 11.6. The third kappa shape index (κ3) is 1.37. The molecule has 3 nitrogen and oxygen atoms in total. The number of fused-ring (bicyclic) bond motifs is 6. The standard InChI is InChI=1S/C19H11NO2/c21-19-16-11-13-6-2-4-8-15(13)20(16)22-17-10-9-12-5-1-3-7-14(12)18(17)19/h1-11H. The van der Waals surface area contributed by atoms with Gasteiger partial charge in [0.15, 0.2) is 5.58 Å². The van der Waals surface area contributed by atoms with Crippen molar-refractivity contribution in [1.82, 2.24) is 4.57 Å². The van der Waals surface area contributed by atoms with Gasteiger partial charge in [-0.1, -0.05) is 48.5 Å². The van der Waals surface area contributed by atoms with Crippen molar-refractivity contribution in [3.63, 3.8) is 0 Å². The molecule has 5 rings (SSSR count). The van der Waals surface area contributed by atoms with Crippen LogP contribution in [0.25, 0.3) is 38.2 Å². The molecule has 0 fully saturated rings. The van der Waals surface area contributed by atoms with E-state index in [1.54, 1.807) is 4.57 Å². The van der Waals surface area contributed by atoms with E-state index in [1.165, 1.54) is 0 Å². The van der Waals surface area contributed by atoms with E-state index < -0.39 is 0 Å². The summed E-state index contributed by atoms with van der Waals surface area (Å²) in [7, 11) is 0. The molecule has 0 saturated carbocycles. The molecule has 0 saturated heterocycles. The summed E-state index contributed by atoms with van der Waals surface area (Å²) in [6.45, 7) is 0. The molecule has 5 aromatic rings. The maximum atomic E-state index is 13.0. The van der Waals surface area contributed by atoms with E-state index >= 15 is 0 Å². The highest BCUT2D eigenvalue weighted by atomic mass is 16.5. The Bertz CT molecular complexity index is 1240. The molecule has 2 heterocycles. The van der Waals surface area contributed by atoms with Crippen LogP contribution >= 0.6 is 0 Å². The van der Waals surface area contributed by atoms with Crippen LogP contribution < -0.4 is 5.43 Å². The van der Waals surface area contributed by atoms with Gasteiger partial charge in [0, 0.05) is 5.39 Å². The van der Waals surface area contributed by atoms with Crippen molar-refractivity contribution in [3.05, 3.63) is 77.0 Å². The SMILES string of the molecule is O=c1c2c(ccc3ccccc32)on2c1cc1ccccc12. The first-order chi connectivity index (χ1) is 10.8. The highest BCUT2D eigenvalue weighted by molar-refractivity contribution is 6.06. The lowest BCUT2D eigenvalue weighted by atomic mass is 10.1. The Balaban J connectivity index is 2.12. The third-order valence-electron chi connectivity index (χ3n) is 4.21. The van der Waals surface area contributed by atoms with Crippen molar-refractivity contribution in [2.24, 2.45) is 0 Å². The van der Waals surface area contributed by atoms with Crippen molar-refractivity contribution in [2.75, 3.05) is 0 Å². The van der Waals surface area contributed by atoms with Crippen molar-refractivity contribution in [2.45, 2.75) is 0 Å². The Morgan fingerprint density at radius 2 is 1.55 bits per heavy atom. The van der Waals surface area contributed by atoms with Crippen LogP contribution in [0.2, 0.25) is 0 Å². The number of hydrogen-bond donors (Lipinski definition) is 0. The molecule has 2 aromatic heterocycles. The van der Waals surface area contributed by atoms with E-state index in [0.717, 1.165) is 21.7 Å². The second-order valence-corrected chi connectivity index (χ2v) is 5.46. The van der Waals surface area contributed by atoms with Crippen LogP contribution in [0.15, 0.2) is 76.0 Å². The number of nitrogens with zero attached hydrogens (tertiary/aromatic N) is 1. The van der Waals surface area contributed by atoms with Gasteiger partial charge in [-0.25, -0.2) is 0 Å². The van der Waals surface area contributed by atoms with Crippen molar-refractivity contribution < 1.29 is 4.52 Å². The highest BCUT2D eigenvalue weighted by Crippen LogP contribution is 2.26. The summed E-state index contributed by atoms with van der Waals surface area (Å²) in [6.07, 6.45) is 0. The molecule has 3 heteroatoms. The molecule has 0 spiro atoms. The fourth-order valence-electron chi connectivity index (χ4n) is 3.17. The van der Waals surface area contributed by atoms with Crippen molar-refractivity contribution in [3.8, 4) is 0 Å². The Labute approximate surface area is 125 Å².